The maximum Gasteiger partial charge on any atom is 0.130 e. The van der Waals surface area contributed by atoms with Gasteiger partial charge in [-0.05, 0) is 58.6 Å². The minimum atomic E-state index is 0.0389. The van der Waals surface area contributed by atoms with Crippen molar-refractivity contribution in [3.05, 3.63) is 59.9 Å². The largest absolute Gasteiger partial charge is 0.509 e. The Labute approximate surface area is 182 Å². The predicted molar refractivity (Wildman–Crippen MR) is 129 cm³/mol. The summed E-state index contributed by atoms with van der Waals surface area (Å²) in [7, 11) is 0. The number of nitrogens with two attached hydrogens (primary N) is 1. The van der Waals surface area contributed by atoms with Crippen LogP contribution < -0.4 is 11.1 Å². The Hall–Kier alpha value is -2.11. The van der Waals surface area contributed by atoms with Gasteiger partial charge in [-0.3, -0.25) is 5.32 Å². The number of nitrogens with zero attached hydrogens (tertiary/aromatic N) is 2. The quantitative estimate of drug-likeness (QED) is 0.421. The second kappa shape index (κ2) is 12.6. The monoisotopic (exact) mass is 412 g/mol. The summed E-state index contributed by atoms with van der Waals surface area (Å²) < 4.78 is 0. The van der Waals surface area contributed by atoms with Gasteiger partial charge in [-0.1, -0.05) is 49.0 Å². The molecular formula is C25H40N4O. The van der Waals surface area contributed by atoms with Crippen molar-refractivity contribution < 1.29 is 5.11 Å². The summed E-state index contributed by atoms with van der Waals surface area (Å²) in [6.45, 7) is 12.8. The van der Waals surface area contributed by atoms with Gasteiger partial charge < -0.3 is 15.7 Å². The topological polar surface area (TPSA) is 73.9 Å². The third-order valence-corrected chi connectivity index (χ3v) is 5.58. The molecule has 0 spiro atoms. The number of nitrogens with one attached hydrogen (secondary N) is 1. The van der Waals surface area contributed by atoms with E-state index in [0.29, 0.717) is 5.92 Å². The normalized spacial score (nSPS) is 26.8. The van der Waals surface area contributed by atoms with E-state index in [4.69, 9.17) is 15.8 Å². The molecule has 2 rings (SSSR count). The van der Waals surface area contributed by atoms with E-state index in [9.17, 15) is 0 Å². The van der Waals surface area contributed by atoms with Crippen LogP contribution in [0.15, 0.2) is 64.9 Å². The van der Waals surface area contributed by atoms with E-state index in [2.05, 4.69) is 55.8 Å². The standard InChI is InChI=1S/C25H40N4O/c1-19(2)13-14-23-21(4)27-24(12-7-5-6-10-20(3)30)28-25(23)29-17-9-8-11-22(18-29)15-16-26/h5-7,10,13-14,21-22,24,27,30H,3,8-9,11-12,15-18,26H2,1-2,4H3/b7-5-,10-6-,23-14+. The van der Waals surface area contributed by atoms with Gasteiger partial charge >= 0.3 is 0 Å². The molecular weight excluding hydrogens is 372 g/mol. The van der Waals surface area contributed by atoms with Crippen LogP contribution in [0, 0.1) is 5.92 Å². The van der Waals surface area contributed by atoms with Crippen LogP contribution in [0.3, 0.4) is 0 Å². The summed E-state index contributed by atoms with van der Waals surface area (Å²) in [5.74, 6) is 1.84. The van der Waals surface area contributed by atoms with Crippen LogP contribution in [0.25, 0.3) is 0 Å². The van der Waals surface area contributed by atoms with Crippen LogP contribution >= 0.6 is 0 Å². The van der Waals surface area contributed by atoms with Gasteiger partial charge in [0.05, 0.1) is 0 Å². The van der Waals surface area contributed by atoms with E-state index in [1.807, 2.05) is 6.08 Å². The molecule has 2 aliphatic rings. The number of allylic oxidation sites excluding steroid dienone is 6. The highest BCUT2D eigenvalue weighted by molar-refractivity contribution is 6.00. The van der Waals surface area contributed by atoms with E-state index >= 15 is 0 Å². The molecule has 0 aromatic carbocycles. The fourth-order valence-corrected chi connectivity index (χ4v) is 4.04. The Morgan fingerprint density at radius 1 is 1.33 bits per heavy atom. The Balaban J connectivity index is 2.26. The second-order valence-corrected chi connectivity index (χ2v) is 8.62. The highest BCUT2D eigenvalue weighted by atomic mass is 16.3. The van der Waals surface area contributed by atoms with Crippen LogP contribution in [-0.4, -0.2) is 47.7 Å². The zero-order valence-corrected chi connectivity index (χ0v) is 19.0. The van der Waals surface area contributed by atoms with Crippen LogP contribution in [-0.2, 0) is 0 Å². The average Bonchev–Trinajstić information content (AvgIpc) is 2.92. The summed E-state index contributed by atoms with van der Waals surface area (Å²) in [5, 5.41) is 12.8. The lowest BCUT2D eigenvalue weighted by atomic mass is 9.98. The third kappa shape index (κ3) is 7.96. The fraction of sp³-hybridized carbons (Fsp3) is 0.560. The minimum absolute atomic E-state index is 0.0389. The van der Waals surface area contributed by atoms with E-state index in [0.717, 1.165) is 38.3 Å². The lowest BCUT2D eigenvalue weighted by molar-refractivity contribution is 0.339. The first-order valence-corrected chi connectivity index (χ1v) is 11.3. The van der Waals surface area contributed by atoms with Crippen LogP contribution in [0.2, 0.25) is 0 Å². The zero-order valence-electron chi connectivity index (χ0n) is 19.0. The van der Waals surface area contributed by atoms with Crippen molar-refractivity contribution in [2.45, 2.75) is 65.1 Å². The van der Waals surface area contributed by atoms with Gasteiger partial charge in [0.15, 0.2) is 0 Å². The van der Waals surface area contributed by atoms with Crippen molar-refractivity contribution in [3.8, 4) is 0 Å². The lowest BCUT2D eigenvalue weighted by Crippen LogP contribution is -2.49. The zero-order chi connectivity index (χ0) is 21.9. The Morgan fingerprint density at radius 2 is 2.13 bits per heavy atom. The predicted octanol–water partition coefficient (Wildman–Crippen LogP) is 4.62. The number of hydrogen-bond donors (Lipinski definition) is 3. The first kappa shape index (κ1) is 24.2. The molecule has 5 nitrogen and oxygen atoms in total. The molecule has 2 aliphatic heterocycles. The van der Waals surface area contributed by atoms with Crippen molar-refractivity contribution in [3.63, 3.8) is 0 Å². The van der Waals surface area contributed by atoms with Gasteiger partial charge in [0.25, 0.3) is 0 Å². The van der Waals surface area contributed by atoms with Crippen molar-refractivity contribution >= 4 is 5.84 Å². The van der Waals surface area contributed by atoms with Crippen molar-refractivity contribution in [1.82, 2.24) is 10.2 Å². The van der Waals surface area contributed by atoms with Crippen molar-refractivity contribution in [2.75, 3.05) is 19.6 Å². The molecule has 1 fully saturated rings. The Morgan fingerprint density at radius 3 is 2.83 bits per heavy atom. The summed E-state index contributed by atoms with van der Waals surface area (Å²) >= 11 is 0. The molecule has 3 atom stereocenters. The number of rotatable bonds is 7. The van der Waals surface area contributed by atoms with Gasteiger partial charge in [-0.15, -0.1) is 0 Å². The van der Waals surface area contributed by atoms with Gasteiger partial charge in [0.1, 0.15) is 17.8 Å². The van der Waals surface area contributed by atoms with Crippen LogP contribution in [0.4, 0.5) is 0 Å². The average molecular weight is 413 g/mol. The molecule has 30 heavy (non-hydrogen) atoms. The highest BCUT2D eigenvalue weighted by Gasteiger charge is 2.29. The number of likely N-dealkylation sites (tertiary alicyclic amines) is 1. The van der Waals surface area contributed by atoms with Crippen molar-refractivity contribution in [1.29, 1.82) is 0 Å². The van der Waals surface area contributed by atoms with E-state index in [-0.39, 0.29) is 18.0 Å². The first-order chi connectivity index (χ1) is 14.4. The molecule has 0 radical (unpaired) electrons. The number of hydrogen-bond acceptors (Lipinski definition) is 5. The van der Waals surface area contributed by atoms with Crippen molar-refractivity contribution in [2.24, 2.45) is 16.6 Å². The fourth-order valence-electron chi connectivity index (χ4n) is 4.04. The number of aliphatic imine (C=N–C) groups is 1. The van der Waals surface area contributed by atoms with E-state index in [1.54, 1.807) is 12.2 Å². The molecule has 5 heteroatoms. The SMILES string of the molecule is C=C(O)/C=C\C=C/CC1N=C(N2CCCCC(CCN)C2)/C(=C/C=C(C)C)C(C)N1. The van der Waals surface area contributed by atoms with Gasteiger partial charge in [-0.2, -0.15) is 0 Å². The van der Waals surface area contributed by atoms with Crippen LogP contribution in [0.5, 0.6) is 0 Å². The second-order valence-electron chi connectivity index (χ2n) is 8.62. The minimum Gasteiger partial charge on any atom is -0.509 e. The first-order valence-electron chi connectivity index (χ1n) is 11.3. The Kier molecular flexibility index (Phi) is 10.1. The highest BCUT2D eigenvalue weighted by Crippen LogP contribution is 2.24. The summed E-state index contributed by atoms with van der Waals surface area (Å²) in [4.78, 5) is 7.65. The maximum absolute atomic E-state index is 9.14. The lowest BCUT2D eigenvalue weighted by Gasteiger charge is -2.36. The Bertz CT molecular complexity index is 713. The molecule has 1 saturated heterocycles. The molecule has 0 aromatic rings. The molecule has 0 saturated carbocycles. The molecule has 2 heterocycles. The molecule has 3 unspecified atom stereocenters. The molecule has 0 aromatic heterocycles. The molecule has 0 aliphatic carbocycles. The summed E-state index contributed by atoms with van der Waals surface area (Å²) in [6, 6.07) is 0.232. The molecule has 166 valence electrons. The van der Waals surface area contributed by atoms with E-state index in [1.165, 1.54) is 30.4 Å². The third-order valence-electron chi connectivity index (χ3n) is 5.58. The number of amidine groups is 1. The number of aliphatic hydroxyl groups is 1. The molecule has 0 bridgehead atoms. The summed E-state index contributed by atoms with van der Waals surface area (Å²) in [6.07, 6.45) is 17.5. The van der Waals surface area contributed by atoms with E-state index < -0.39 is 0 Å². The van der Waals surface area contributed by atoms with Gasteiger partial charge in [0.2, 0.25) is 0 Å². The van der Waals surface area contributed by atoms with Crippen LogP contribution in [0.1, 0.15) is 52.9 Å². The van der Waals surface area contributed by atoms with Gasteiger partial charge in [0, 0.05) is 31.1 Å². The molecule has 4 N–H and O–H groups in total. The molecule has 0 amide bonds. The smallest absolute Gasteiger partial charge is 0.130 e. The van der Waals surface area contributed by atoms with Gasteiger partial charge in [-0.25, -0.2) is 4.99 Å². The number of aliphatic hydroxyl groups excluding tert-OH is 1. The maximum atomic E-state index is 9.14. The summed E-state index contributed by atoms with van der Waals surface area (Å²) in [5.41, 5.74) is 8.42.